The van der Waals surface area contributed by atoms with E-state index in [0.717, 1.165) is 19.6 Å². The predicted molar refractivity (Wildman–Crippen MR) is 50.5 cm³/mol. The smallest absolute Gasteiger partial charge is 0.307 e. The zero-order valence-corrected chi connectivity index (χ0v) is 8.38. The number of carbonyl (C=O) groups is 1. The van der Waals surface area contributed by atoms with Crippen LogP contribution in [0.1, 0.15) is 13.3 Å². The van der Waals surface area contributed by atoms with Crippen LogP contribution in [0.4, 0.5) is 0 Å². The molecular weight excluding hydrogens is 168 g/mol. The van der Waals surface area contributed by atoms with Gasteiger partial charge in [0.1, 0.15) is 0 Å². The predicted octanol–water partition coefficient (Wildman–Crippen LogP) is -0.157. The van der Waals surface area contributed by atoms with Crippen LogP contribution in [0.15, 0.2) is 0 Å². The molecule has 1 aliphatic rings. The maximum Gasteiger partial charge on any atom is 0.307 e. The van der Waals surface area contributed by atoms with Gasteiger partial charge in [0.25, 0.3) is 0 Å². The number of nitrogens with zero attached hydrogens (tertiary/aromatic N) is 1. The third-order valence-electron chi connectivity index (χ3n) is 2.35. The zero-order valence-electron chi connectivity index (χ0n) is 8.38. The van der Waals surface area contributed by atoms with Crippen LogP contribution >= 0.6 is 0 Å². The highest BCUT2D eigenvalue weighted by molar-refractivity contribution is 5.70. The number of rotatable bonds is 3. The van der Waals surface area contributed by atoms with Gasteiger partial charge < -0.3 is 15.0 Å². The van der Waals surface area contributed by atoms with Crippen molar-refractivity contribution in [1.29, 1.82) is 0 Å². The molecule has 0 amide bonds. The monoisotopic (exact) mass is 186 g/mol. The number of nitrogens with one attached hydrogen (secondary N) is 1. The fourth-order valence-corrected chi connectivity index (χ4v) is 1.50. The van der Waals surface area contributed by atoms with Crippen molar-refractivity contribution in [2.24, 2.45) is 0 Å². The van der Waals surface area contributed by atoms with E-state index in [2.05, 4.69) is 10.2 Å². The quantitative estimate of drug-likeness (QED) is 0.622. The van der Waals surface area contributed by atoms with E-state index >= 15 is 0 Å². The van der Waals surface area contributed by atoms with E-state index in [4.69, 9.17) is 4.74 Å². The number of piperazine rings is 1. The van der Waals surface area contributed by atoms with Gasteiger partial charge in [0.15, 0.2) is 0 Å². The largest absolute Gasteiger partial charge is 0.466 e. The van der Waals surface area contributed by atoms with Crippen molar-refractivity contribution in [2.75, 3.05) is 33.3 Å². The van der Waals surface area contributed by atoms with E-state index in [0.29, 0.717) is 19.1 Å². The van der Waals surface area contributed by atoms with E-state index in [1.54, 1.807) is 0 Å². The first-order valence-electron chi connectivity index (χ1n) is 4.80. The fraction of sp³-hybridized carbons (Fsp3) is 0.889. The molecule has 13 heavy (non-hydrogen) atoms. The molecule has 0 bridgehead atoms. The van der Waals surface area contributed by atoms with Crippen LogP contribution in [0.5, 0.6) is 0 Å². The second kappa shape index (κ2) is 5.19. The van der Waals surface area contributed by atoms with E-state index < -0.39 is 0 Å². The summed E-state index contributed by atoms with van der Waals surface area (Å²) in [4.78, 5) is 13.4. The van der Waals surface area contributed by atoms with Crippen LogP contribution in [0.3, 0.4) is 0 Å². The van der Waals surface area contributed by atoms with Crippen molar-refractivity contribution in [3.05, 3.63) is 0 Å². The molecule has 0 aromatic rings. The molecule has 0 saturated carbocycles. The number of hydrogen-bond donors (Lipinski definition) is 1. The van der Waals surface area contributed by atoms with Gasteiger partial charge in [-0.3, -0.25) is 4.79 Å². The number of likely N-dealkylation sites (N-methyl/N-ethyl adjacent to an activating group) is 1. The molecule has 4 nitrogen and oxygen atoms in total. The lowest BCUT2D eigenvalue weighted by Gasteiger charge is -2.32. The van der Waals surface area contributed by atoms with Crippen molar-refractivity contribution >= 4 is 5.97 Å². The van der Waals surface area contributed by atoms with Crippen molar-refractivity contribution in [2.45, 2.75) is 19.4 Å². The summed E-state index contributed by atoms with van der Waals surface area (Å²) in [6.07, 6.45) is 0.497. The Morgan fingerprint density at radius 1 is 1.69 bits per heavy atom. The fourth-order valence-electron chi connectivity index (χ4n) is 1.50. The molecule has 1 fully saturated rings. The number of esters is 1. The summed E-state index contributed by atoms with van der Waals surface area (Å²) in [6, 6.07) is 0.299. The molecular formula is C9H18N2O2. The Balaban J connectivity index is 2.29. The van der Waals surface area contributed by atoms with Gasteiger partial charge in [-0.1, -0.05) is 0 Å². The molecule has 1 saturated heterocycles. The lowest BCUT2D eigenvalue weighted by molar-refractivity contribution is -0.144. The van der Waals surface area contributed by atoms with Gasteiger partial charge >= 0.3 is 5.97 Å². The highest BCUT2D eigenvalue weighted by atomic mass is 16.5. The van der Waals surface area contributed by atoms with Gasteiger partial charge in [0, 0.05) is 25.7 Å². The van der Waals surface area contributed by atoms with E-state index in [-0.39, 0.29) is 5.97 Å². The lowest BCUT2D eigenvalue weighted by atomic mass is 10.1. The van der Waals surface area contributed by atoms with Gasteiger partial charge in [0.2, 0.25) is 0 Å². The van der Waals surface area contributed by atoms with Gasteiger partial charge in [-0.15, -0.1) is 0 Å². The minimum atomic E-state index is -0.0944. The van der Waals surface area contributed by atoms with Crippen molar-refractivity contribution in [3.63, 3.8) is 0 Å². The molecule has 0 radical (unpaired) electrons. The van der Waals surface area contributed by atoms with Crippen molar-refractivity contribution < 1.29 is 9.53 Å². The summed E-state index contributed by atoms with van der Waals surface area (Å²) >= 11 is 0. The molecule has 0 aliphatic carbocycles. The summed E-state index contributed by atoms with van der Waals surface area (Å²) in [6.45, 7) is 5.21. The van der Waals surface area contributed by atoms with Crippen LogP contribution in [0, 0.1) is 0 Å². The number of ether oxygens (including phenoxy) is 1. The Kier molecular flexibility index (Phi) is 4.18. The first-order chi connectivity index (χ1) is 6.24. The summed E-state index contributed by atoms with van der Waals surface area (Å²) < 4.78 is 4.90. The Morgan fingerprint density at radius 3 is 3.08 bits per heavy atom. The van der Waals surface area contributed by atoms with Crippen molar-refractivity contribution in [3.8, 4) is 0 Å². The average molecular weight is 186 g/mol. The van der Waals surface area contributed by atoms with Crippen LogP contribution in [-0.2, 0) is 9.53 Å². The molecule has 1 rings (SSSR count). The lowest BCUT2D eigenvalue weighted by Crippen LogP contribution is -2.50. The van der Waals surface area contributed by atoms with Gasteiger partial charge in [-0.05, 0) is 14.0 Å². The Labute approximate surface area is 79.2 Å². The summed E-state index contributed by atoms with van der Waals surface area (Å²) in [5.74, 6) is -0.0944. The number of hydrogen-bond acceptors (Lipinski definition) is 4. The van der Waals surface area contributed by atoms with Gasteiger partial charge in [0.05, 0.1) is 13.0 Å². The molecule has 1 atom stereocenters. The maximum atomic E-state index is 11.2. The van der Waals surface area contributed by atoms with Crippen molar-refractivity contribution in [1.82, 2.24) is 10.2 Å². The summed E-state index contributed by atoms with van der Waals surface area (Å²) in [7, 11) is 2.05. The van der Waals surface area contributed by atoms with Gasteiger partial charge in [-0.2, -0.15) is 0 Å². The third-order valence-corrected chi connectivity index (χ3v) is 2.35. The molecule has 76 valence electrons. The van der Waals surface area contributed by atoms with E-state index in [1.165, 1.54) is 0 Å². The zero-order chi connectivity index (χ0) is 9.68. The summed E-state index contributed by atoms with van der Waals surface area (Å²) in [5.41, 5.74) is 0. The first kappa shape index (κ1) is 10.5. The van der Waals surface area contributed by atoms with E-state index in [9.17, 15) is 4.79 Å². The molecule has 0 spiro atoms. The standard InChI is InChI=1S/C9H18N2O2/c1-3-13-9(12)6-8-7-10-4-5-11(8)2/h8,10H,3-7H2,1-2H3. The third kappa shape index (κ3) is 3.32. The summed E-state index contributed by atoms with van der Waals surface area (Å²) in [5, 5.41) is 3.26. The molecule has 1 aliphatic heterocycles. The molecule has 0 aromatic carbocycles. The molecule has 0 aromatic heterocycles. The average Bonchev–Trinajstić information content (AvgIpc) is 2.09. The molecule has 1 heterocycles. The van der Waals surface area contributed by atoms with Gasteiger partial charge in [-0.25, -0.2) is 0 Å². The molecule has 1 N–H and O–H groups in total. The second-order valence-electron chi connectivity index (χ2n) is 3.35. The minimum Gasteiger partial charge on any atom is -0.466 e. The highest BCUT2D eigenvalue weighted by Crippen LogP contribution is 2.05. The normalized spacial score (nSPS) is 24.3. The Bertz CT molecular complexity index is 173. The van der Waals surface area contributed by atoms with Crippen LogP contribution < -0.4 is 5.32 Å². The Morgan fingerprint density at radius 2 is 2.46 bits per heavy atom. The second-order valence-corrected chi connectivity index (χ2v) is 3.35. The minimum absolute atomic E-state index is 0.0944. The van der Waals surface area contributed by atoms with Crippen LogP contribution in [-0.4, -0.2) is 50.2 Å². The van der Waals surface area contributed by atoms with Crippen LogP contribution in [0.25, 0.3) is 0 Å². The maximum absolute atomic E-state index is 11.2. The molecule has 4 heteroatoms. The van der Waals surface area contributed by atoms with E-state index in [1.807, 2.05) is 14.0 Å². The molecule has 1 unspecified atom stereocenters. The number of carbonyl (C=O) groups excluding carboxylic acids is 1. The first-order valence-corrected chi connectivity index (χ1v) is 4.80. The van der Waals surface area contributed by atoms with Crippen LogP contribution in [0.2, 0.25) is 0 Å². The Hall–Kier alpha value is -0.610. The SMILES string of the molecule is CCOC(=O)CC1CNCCN1C. The topological polar surface area (TPSA) is 41.6 Å². The highest BCUT2D eigenvalue weighted by Gasteiger charge is 2.21.